The lowest BCUT2D eigenvalue weighted by molar-refractivity contribution is -0.124. The van der Waals surface area contributed by atoms with Crippen molar-refractivity contribution in [2.75, 3.05) is 13.1 Å². The fraction of sp³-hybridized carbons (Fsp3) is 0.526. The number of fused-ring (bicyclic) bond motifs is 2. The molecule has 1 aliphatic heterocycles. The Bertz CT molecular complexity index is 763. The standard InChI is InChI=1S/C19H25N3O/c1-3-7-22-10-12(19(20)23)8-15-13-5-4-6-16-18(13)14(9-17(15)22)11(2)21-16/h4-6,12,15,17,21H,3,7-10H2,1-2H3,(H2,20,23)/t12?,15?,17-/m1/s1. The highest BCUT2D eigenvalue weighted by molar-refractivity contribution is 5.90. The second kappa shape index (κ2) is 5.38. The van der Waals surface area contributed by atoms with E-state index in [0.717, 1.165) is 32.4 Å². The average Bonchev–Trinajstić information content (AvgIpc) is 2.85. The van der Waals surface area contributed by atoms with Gasteiger partial charge in [0.1, 0.15) is 0 Å². The molecule has 1 saturated heterocycles. The molecule has 2 aromatic rings. The van der Waals surface area contributed by atoms with Crippen molar-refractivity contribution in [1.29, 1.82) is 0 Å². The molecule has 2 heterocycles. The van der Waals surface area contributed by atoms with Gasteiger partial charge in [-0.2, -0.15) is 0 Å². The van der Waals surface area contributed by atoms with Crippen LogP contribution in [0.25, 0.3) is 10.9 Å². The molecule has 3 atom stereocenters. The van der Waals surface area contributed by atoms with Gasteiger partial charge in [-0.05, 0) is 49.9 Å². The molecule has 0 saturated carbocycles. The SMILES string of the molecule is CCCN1CC(C(N)=O)CC2c3cccc4[nH]c(C)c(c34)C[C@H]21. The highest BCUT2D eigenvalue weighted by Crippen LogP contribution is 2.45. The lowest BCUT2D eigenvalue weighted by Crippen LogP contribution is -2.52. The molecule has 1 amide bonds. The van der Waals surface area contributed by atoms with Gasteiger partial charge in [-0.25, -0.2) is 0 Å². The molecule has 1 aromatic carbocycles. The maximum Gasteiger partial charge on any atom is 0.221 e. The molecule has 0 radical (unpaired) electrons. The third kappa shape index (κ3) is 2.19. The second-order valence-electron chi connectivity index (χ2n) is 7.21. The van der Waals surface area contributed by atoms with Crippen molar-refractivity contribution in [2.45, 2.75) is 45.1 Å². The van der Waals surface area contributed by atoms with Crippen molar-refractivity contribution in [2.24, 2.45) is 11.7 Å². The first-order valence-electron chi connectivity index (χ1n) is 8.73. The third-order valence-electron chi connectivity index (χ3n) is 5.83. The highest BCUT2D eigenvalue weighted by Gasteiger charge is 2.42. The molecular formula is C19H25N3O. The summed E-state index contributed by atoms with van der Waals surface area (Å²) in [5.74, 6) is 0.242. The van der Waals surface area contributed by atoms with Crippen LogP contribution in [0.5, 0.6) is 0 Å². The number of hydrogen-bond acceptors (Lipinski definition) is 2. The number of carbonyl (C=O) groups excluding carboxylic acids is 1. The minimum absolute atomic E-state index is 0.0281. The zero-order valence-electron chi connectivity index (χ0n) is 13.9. The van der Waals surface area contributed by atoms with Crippen LogP contribution in [0.15, 0.2) is 18.2 Å². The van der Waals surface area contributed by atoms with Crippen LogP contribution in [-0.4, -0.2) is 34.9 Å². The number of nitrogens with one attached hydrogen (secondary N) is 1. The summed E-state index contributed by atoms with van der Waals surface area (Å²) in [6.45, 7) is 6.25. The molecule has 3 N–H and O–H groups in total. The lowest BCUT2D eigenvalue weighted by atomic mass is 9.71. The minimum atomic E-state index is -0.146. The van der Waals surface area contributed by atoms with E-state index >= 15 is 0 Å². The summed E-state index contributed by atoms with van der Waals surface area (Å²) in [5, 5.41) is 1.40. The molecule has 1 aromatic heterocycles. The number of primary amides is 1. The van der Waals surface area contributed by atoms with Gasteiger partial charge in [-0.3, -0.25) is 9.69 Å². The van der Waals surface area contributed by atoms with Crippen molar-refractivity contribution < 1.29 is 4.79 Å². The number of nitrogens with zero attached hydrogens (tertiary/aromatic N) is 1. The molecule has 0 spiro atoms. The monoisotopic (exact) mass is 311 g/mol. The first kappa shape index (κ1) is 14.8. The number of amides is 1. The zero-order chi connectivity index (χ0) is 16.1. The summed E-state index contributed by atoms with van der Waals surface area (Å²) in [7, 11) is 0. The summed E-state index contributed by atoms with van der Waals surface area (Å²) in [6, 6.07) is 7.05. The van der Waals surface area contributed by atoms with Crippen molar-refractivity contribution in [1.82, 2.24) is 9.88 Å². The second-order valence-corrected chi connectivity index (χ2v) is 7.21. The van der Waals surface area contributed by atoms with Crippen molar-refractivity contribution >= 4 is 16.8 Å². The molecule has 122 valence electrons. The molecule has 4 nitrogen and oxygen atoms in total. The van der Waals surface area contributed by atoms with E-state index < -0.39 is 0 Å². The summed E-state index contributed by atoms with van der Waals surface area (Å²) in [6.07, 6.45) is 3.08. The van der Waals surface area contributed by atoms with E-state index in [1.807, 2.05) is 0 Å². The molecule has 1 aliphatic carbocycles. The van der Waals surface area contributed by atoms with E-state index in [0.29, 0.717) is 12.0 Å². The van der Waals surface area contributed by atoms with E-state index in [4.69, 9.17) is 5.73 Å². The summed E-state index contributed by atoms with van der Waals surface area (Å²) in [5.41, 5.74) is 11.1. The summed E-state index contributed by atoms with van der Waals surface area (Å²) >= 11 is 0. The Morgan fingerprint density at radius 2 is 2.26 bits per heavy atom. The number of benzene rings is 1. The van der Waals surface area contributed by atoms with Gasteiger partial charge in [0.05, 0.1) is 5.92 Å². The number of aromatic nitrogens is 1. The first-order valence-corrected chi connectivity index (χ1v) is 8.73. The highest BCUT2D eigenvalue weighted by atomic mass is 16.1. The normalized spacial score (nSPS) is 27.1. The number of carbonyl (C=O) groups is 1. The Balaban J connectivity index is 1.83. The van der Waals surface area contributed by atoms with Gasteiger partial charge >= 0.3 is 0 Å². The fourth-order valence-corrected chi connectivity index (χ4v) is 4.82. The maximum atomic E-state index is 11.9. The van der Waals surface area contributed by atoms with Crippen LogP contribution in [0.2, 0.25) is 0 Å². The Hall–Kier alpha value is -1.81. The minimum Gasteiger partial charge on any atom is -0.369 e. The van der Waals surface area contributed by atoms with Gasteiger partial charge < -0.3 is 10.7 Å². The van der Waals surface area contributed by atoms with Crippen molar-refractivity contribution in [3.63, 3.8) is 0 Å². The van der Waals surface area contributed by atoms with Crippen LogP contribution in [0.3, 0.4) is 0 Å². The Kier molecular flexibility index (Phi) is 3.45. The van der Waals surface area contributed by atoms with E-state index in [9.17, 15) is 4.79 Å². The predicted octanol–water partition coefficient (Wildman–Crippen LogP) is 2.70. The fourth-order valence-electron chi connectivity index (χ4n) is 4.82. The molecule has 4 heteroatoms. The van der Waals surface area contributed by atoms with Gasteiger partial charge in [-0.15, -0.1) is 0 Å². The number of likely N-dealkylation sites (tertiary alicyclic amines) is 1. The van der Waals surface area contributed by atoms with Crippen LogP contribution in [-0.2, 0) is 11.2 Å². The first-order chi connectivity index (χ1) is 11.1. The molecule has 23 heavy (non-hydrogen) atoms. The van der Waals surface area contributed by atoms with E-state index in [1.54, 1.807) is 0 Å². The van der Waals surface area contributed by atoms with Crippen molar-refractivity contribution in [3.8, 4) is 0 Å². The van der Waals surface area contributed by atoms with Crippen molar-refractivity contribution in [3.05, 3.63) is 35.0 Å². The van der Waals surface area contributed by atoms with Gasteiger partial charge in [0.15, 0.2) is 0 Å². The van der Waals surface area contributed by atoms with Gasteiger partial charge in [0, 0.05) is 35.1 Å². The topological polar surface area (TPSA) is 62.1 Å². The summed E-state index contributed by atoms with van der Waals surface area (Å²) < 4.78 is 0. The molecular weight excluding hydrogens is 286 g/mol. The zero-order valence-corrected chi connectivity index (χ0v) is 13.9. The van der Waals surface area contributed by atoms with Crippen LogP contribution < -0.4 is 5.73 Å². The Morgan fingerprint density at radius 1 is 1.43 bits per heavy atom. The van der Waals surface area contributed by atoms with Crippen LogP contribution in [0.1, 0.15) is 42.5 Å². The predicted molar refractivity (Wildman–Crippen MR) is 92.4 cm³/mol. The number of rotatable bonds is 3. The van der Waals surface area contributed by atoms with Gasteiger partial charge in [0.2, 0.25) is 5.91 Å². The smallest absolute Gasteiger partial charge is 0.221 e. The lowest BCUT2D eigenvalue weighted by Gasteiger charge is -2.46. The van der Waals surface area contributed by atoms with E-state index in [1.165, 1.54) is 27.7 Å². The van der Waals surface area contributed by atoms with Crippen LogP contribution in [0, 0.1) is 12.8 Å². The van der Waals surface area contributed by atoms with Gasteiger partial charge in [-0.1, -0.05) is 19.1 Å². The number of hydrogen-bond donors (Lipinski definition) is 2. The molecule has 4 rings (SSSR count). The number of H-pyrrole nitrogens is 1. The van der Waals surface area contributed by atoms with E-state index in [-0.39, 0.29) is 11.8 Å². The molecule has 1 fully saturated rings. The number of nitrogens with two attached hydrogens (primary N) is 1. The van der Waals surface area contributed by atoms with Crippen LogP contribution >= 0.6 is 0 Å². The molecule has 2 aliphatic rings. The number of piperidine rings is 1. The number of aromatic amines is 1. The van der Waals surface area contributed by atoms with Crippen LogP contribution in [0.4, 0.5) is 0 Å². The summed E-state index contributed by atoms with van der Waals surface area (Å²) in [4.78, 5) is 17.9. The molecule has 0 bridgehead atoms. The van der Waals surface area contributed by atoms with Gasteiger partial charge in [0.25, 0.3) is 0 Å². The quantitative estimate of drug-likeness (QED) is 0.915. The third-order valence-corrected chi connectivity index (χ3v) is 5.83. The Morgan fingerprint density at radius 3 is 3.00 bits per heavy atom. The number of aryl methyl sites for hydroxylation is 1. The Labute approximate surface area is 137 Å². The van der Waals surface area contributed by atoms with E-state index in [2.05, 4.69) is 41.9 Å². The average molecular weight is 311 g/mol. The largest absolute Gasteiger partial charge is 0.369 e. The maximum absolute atomic E-state index is 11.9. The molecule has 2 unspecified atom stereocenters.